The predicted octanol–water partition coefficient (Wildman–Crippen LogP) is 5.91. The molecule has 3 aromatic rings. The van der Waals surface area contributed by atoms with Crippen LogP contribution in [0.3, 0.4) is 0 Å². The zero-order valence-corrected chi connectivity index (χ0v) is 18.4. The Morgan fingerprint density at radius 2 is 1.50 bits per heavy atom. The molecule has 2 N–H and O–H groups in total. The molecule has 1 amide bonds. The van der Waals surface area contributed by atoms with Crippen LogP contribution in [0.25, 0.3) is 11.1 Å². The minimum Gasteiger partial charge on any atom is -0.369 e. The molecule has 1 unspecified atom stereocenters. The molecule has 1 heterocycles. The van der Waals surface area contributed by atoms with Gasteiger partial charge in [-0.3, -0.25) is 9.69 Å². The minimum absolute atomic E-state index is 0.0571. The van der Waals surface area contributed by atoms with E-state index in [0.717, 1.165) is 17.0 Å². The quantitative estimate of drug-likeness (QED) is 0.460. The van der Waals surface area contributed by atoms with E-state index in [4.69, 9.17) is 5.73 Å². The summed E-state index contributed by atoms with van der Waals surface area (Å²) < 4.78 is 66.2. The first-order valence-electron chi connectivity index (χ1n) is 9.75. The standard InChI is InChI=1S/C23H17F5N4OS/c1-32-21(33)23(31-22(32)30,18-8-10-20(11-9-18)34(24,25,26,27)28)19-7-3-6-17(13-19)16-5-2-4-15(12-16)14-29/h2-13H,1H3,(H2,30,31). The van der Waals surface area contributed by atoms with E-state index in [1.807, 2.05) is 6.07 Å². The van der Waals surface area contributed by atoms with Gasteiger partial charge in [-0.1, -0.05) is 61.9 Å². The number of hydrogen-bond donors (Lipinski definition) is 1. The van der Waals surface area contributed by atoms with Gasteiger partial charge in [0, 0.05) is 7.05 Å². The summed E-state index contributed by atoms with van der Waals surface area (Å²) in [5, 5.41) is 9.17. The van der Waals surface area contributed by atoms with Crippen LogP contribution in [0.2, 0.25) is 0 Å². The molecule has 34 heavy (non-hydrogen) atoms. The van der Waals surface area contributed by atoms with Gasteiger partial charge < -0.3 is 5.73 Å². The number of carbonyl (C=O) groups is 1. The molecule has 4 rings (SSSR count). The lowest BCUT2D eigenvalue weighted by Crippen LogP contribution is -2.41. The highest BCUT2D eigenvalue weighted by Gasteiger charge is 2.65. The minimum atomic E-state index is -9.90. The summed E-state index contributed by atoms with van der Waals surface area (Å²) in [5.41, 5.74) is 5.87. The molecule has 0 spiro atoms. The average molecular weight is 492 g/mol. The Hall–Kier alpha value is -3.91. The number of guanidine groups is 1. The van der Waals surface area contributed by atoms with Gasteiger partial charge in [-0.05, 0) is 52.6 Å². The molecule has 0 saturated carbocycles. The van der Waals surface area contributed by atoms with E-state index < -0.39 is 26.6 Å². The Bertz CT molecular complexity index is 1400. The molecule has 0 aliphatic carbocycles. The fourth-order valence-electron chi connectivity index (χ4n) is 3.83. The Kier molecular flexibility index (Phi) is 4.65. The first-order chi connectivity index (χ1) is 15.7. The van der Waals surface area contributed by atoms with Gasteiger partial charge in [0.15, 0.2) is 11.5 Å². The van der Waals surface area contributed by atoms with Crippen LogP contribution in [-0.2, 0) is 10.3 Å². The topological polar surface area (TPSA) is 82.5 Å². The number of carbonyl (C=O) groups excluding carboxylic acids is 1. The summed E-state index contributed by atoms with van der Waals surface area (Å²) in [7, 11) is -8.55. The Labute approximate surface area is 191 Å². The molecule has 5 nitrogen and oxygen atoms in total. The third-order valence-electron chi connectivity index (χ3n) is 5.56. The van der Waals surface area contributed by atoms with Crippen LogP contribution in [0.15, 0.2) is 82.7 Å². The van der Waals surface area contributed by atoms with Gasteiger partial charge in [0.2, 0.25) is 0 Å². The molecule has 11 heteroatoms. The molecule has 0 bridgehead atoms. The number of nitrogens with zero attached hydrogens (tertiary/aromatic N) is 3. The van der Waals surface area contributed by atoms with E-state index in [2.05, 4.69) is 4.99 Å². The third-order valence-corrected chi connectivity index (χ3v) is 6.73. The molecule has 0 radical (unpaired) electrons. The highest BCUT2D eigenvalue weighted by Crippen LogP contribution is 3.02. The Morgan fingerprint density at radius 3 is 2.03 bits per heavy atom. The number of nitriles is 1. The molecule has 1 aliphatic rings. The fraction of sp³-hybridized carbons (Fsp3) is 0.0870. The van der Waals surface area contributed by atoms with Crippen LogP contribution in [0.1, 0.15) is 16.7 Å². The SMILES string of the molecule is CN1C(=O)C(c2ccc(S(F)(F)(F)(F)F)cc2)(c2cccc(-c3cccc(C#N)c3)c2)N=C1N. The summed E-state index contributed by atoms with van der Waals surface area (Å²) in [6.45, 7) is 0. The van der Waals surface area contributed by atoms with E-state index in [0.29, 0.717) is 16.7 Å². The Balaban J connectivity index is 1.92. The van der Waals surface area contributed by atoms with Crippen LogP contribution in [0.5, 0.6) is 0 Å². The first kappa shape index (κ1) is 23.3. The van der Waals surface area contributed by atoms with Crippen molar-refractivity contribution in [2.45, 2.75) is 10.4 Å². The molecular formula is C23H17F5N4OS. The highest BCUT2D eigenvalue weighted by molar-refractivity contribution is 8.45. The molecule has 0 saturated heterocycles. The van der Waals surface area contributed by atoms with Gasteiger partial charge in [-0.25, -0.2) is 4.99 Å². The van der Waals surface area contributed by atoms with Crippen LogP contribution in [0.4, 0.5) is 19.4 Å². The van der Waals surface area contributed by atoms with Crippen molar-refractivity contribution in [1.82, 2.24) is 4.90 Å². The summed E-state index contributed by atoms with van der Waals surface area (Å²) in [6, 6.07) is 17.3. The lowest BCUT2D eigenvalue weighted by molar-refractivity contribution is -0.129. The van der Waals surface area contributed by atoms with Crippen molar-refractivity contribution in [2.24, 2.45) is 10.7 Å². The monoisotopic (exact) mass is 492 g/mol. The number of halogens is 5. The van der Waals surface area contributed by atoms with E-state index >= 15 is 0 Å². The van der Waals surface area contributed by atoms with E-state index in [9.17, 15) is 29.5 Å². The molecule has 176 valence electrons. The maximum atomic E-state index is 13.3. The van der Waals surface area contributed by atoms with Gasteiger partial charge in [0.05, 0.1) is 11.6 Å². The van der Waals surface area contributed by atoms with Crippen molar-refractivity contribution >= 4 is 22.1 Å². The van der Waals surface area contributed by atoms with Crippen molar-refractivity contribution in [3.05, 3.63) is 89.5 Å². The number of likely N-dealkylation sites (N-methyl/N-ethyl adjacent to an activating group) is 1. The van der Waals surface area contributed by atoms with Crippen molar-refractivity contribution in [3.63, 3.8) is 0 Å². The maximum absolute atomic E-state index is 13.3. The van der Waals surface area contributed by atoms with E-state index in [1.54, 1.807) is 48.5 Å². The summed E-state index contributed by atoms with van der Waals surface area (Å²) in [4.78, 5) is 16.6. The van der Waals surface area contributed by atoms with Crippen LogP contribution in [0, 0.1) is 11.3 Å². The smallest absolute Gasteiger partial charge is 0.310 e. The number of benzene rings is 3. The van der Waals surface area contributed by atoms with Crippen LogP contribution < -0.4 is 5.73 Å². The largest absolute Gasteiger partial charge is 0.369 e. The molecule has 1 atom stereocenters. The van der Waals surface area contributed by atoms with Gasteiger partial charge in [0.1, 0.15) is 4.90 Å². The maximum Gasteiger partial charge on any atom is 0.310 e. The molecule has 0 fully saturated rings. The lowest BCUT2D eigenvalue weighted by Gasteiger charge is -2.40. The zero-order chi connectivity index (χ0) is 25.0. The van der Waals surface area contributed by atoms with Gasteiger partial charge in [-0.15, -0.1) is 0 Å². The normalized spacial score (nSPS) is 20.3. The van der Waals surface area contributed by atoms with E-state index in [-0.39, 0.29) is 29.2 Å². The predicted molar refractivity (Wildman–Crippen MR) is 120 cm³/mol. The number of nitrogens with two attached hydrogens (primary N) is 1. The number of amides is 1. The second-order valence-electron chi connectivity index (χ2n) is 7.81. The van der Waals surface area contributed by atoms with Crippen molar-refractivity contribution in [2.75, 3.05) is 7.05 Å². The van der Waals surface area contributed by atoms with Crippen molar-refractivity contribution in [1.29, 1.82) is 5.26 Å². The number of aliphatic imine (C=N–C) groups is 1. The van der Waals surface area contributed by atoms with Gasteiger partial charge >= 0.3 is 10.2 Å². The number of rotatable bonds is 4. The molecule has 0 aromatic heterocycles. The molecular weight excluding hydrogens is 475 g/mol. The molecule has 3 aromatic carbocycles. The summed E-state index contributed by atoms with van der Waals surface area (Å²) >= 11 is 0. The van der Waals surface area contributed by atoms with E-state index in [1.165, 1.54) is 7.05 Å². The van der Waals surface area contributed by atoms with Gasteiger partial charge in [0.25, 0.3) is 5.91 Å². The second-order valence-corrected chi connectivity index (χ2v) is 10.2. The fourth-order valence-corrected chi connectivity index (χ4v) is 4.48. The van der Waals surface area contributed by atoms with Crippen molar-refractivity contribution < 1.29 is 24.2 Å². The number of hydrogen-bond acceptors (Lipinski definition) is 4. The average Bonchev–Trinajstić information content (AvgIpc) is 3.02. The third kappa shape index (κ3) is 3.86. The van der Waals surface area contributed by atoms with Crippen LogP contribution in [-0.4, -0.2) is 23.8 Å². The van der Waals surface area contributed by atoms with Crippen LogP contribution >= 0.6 is 10.2 Å². The zero-order valence-electron chi connectivity index (χ0n) is 17.6. The highest BCUT2D eigenvalue weighted by atomic mass is 32.5. The first-order valence-corrected chi connectivity index (χ1v) is 11.7. The second kappa shape index (κ2) is 6.80. The van der Waals surface area contributed by atoms with Crippen molar-refractivity contribution in [3.8, 4) is 17.2 Å². The van der Waals surface area contributed by atoms with Gasteiger partial charge in [-0.2, -0.15) is 5.26 Å². The lowest BCUT2D eigenvalue weighted by atomic mass is 9.81. The molecule has 1 aliphatic heterocycles. The Morgan fingerprint density at radius 1 is 0.912 bits per heavy atom. The summed E-state index contributed by atoms with van der Waals surface area (Å²) in [5.74, 6) is -0.841. The summed E-state index contributed by atoms with van der Waals surface area (Å²) in [6.07, 6.45) is 0.